The van der Waals surface area contributed by atoms with Crippen molar-refractivity contribution < 1.29 is 33.6 Å². The number of ketones is 1. The third-order valence-corrected chi connectivity index (χ3v) is 3.85. The van der Waals surface area contributed by atoms with Gasteiger partial charge in [-0.15, -0.1) is 0 Å². The van der Waals surface area contributed by atoms with Crippen LogP contribution in [-0.2, 0) is 28.5 Å². The smallest absolute Gasteiger partial charge is 0.192 e. The summed E-state index contributed by atoms with van der Waals surface area (Å²) in [7, 11) is 0. The Morgan fingerprint density at radius 3 is 2.10 bits per heavy atom. The number of rotatable bonds is 2. The molecule has 0 aromatic heterocycles. The molecule has 0 saturated carbocycles. The fourth-order valence-electron chi connectivity index (χ4n) is 3.08. The molecule has 0 radical (unpaired) electrons. The van der Waals surface area contributed by atoms with E-state index in [-0.39, 0.29) is 0 Å². The van der Waals surface area contributed by atoms with E-state index in [2.05, 4.69) is 0 Å². The molecule has 3 saturated heterocycles. The SMILES string of the molecule is CC(O)C(=O)[C@H]1OC2OC(C)(C)O[C@@H]2[C@H]2OC(C)(C)O[C@H]21. The van der Waals surface area contributed by atoms with Crippen molar-refractivity contribution in [2.75, 3.05) is 0 Å². The zero-order chi connectivity index (χ0) is 15.6. The third kappa shape index (κ3) is 2.62. The van der Waals surface area contributed by atoms with Gasteiger partial charge in [0, 0.05) is 0 Å². The van der Waals surface area contributed by atoms with Gasteiger partial charge in [-0.05, 0) is 34.6 Å². The summed E-state index contributed by atoms with van der Waals surface area (Å²) in [5.74, 6) is -2.11. The standard InChI is InChI=1S/C14H22O7/c1-6(15)7(16)8-9-10(19-13(2,3)18-9)11-12(17-8)21-14(4,5)20-11/h6,8-12,15H,1-5H3/t6?,8-,9+,10+,11-,12?/m1/s1. The van der Waals surface area contributed by atoms with Crippen LogP contribution in [0, 0.1) is 0 Å². The number of carbonyl (C=O) groups excluding carboxylic acids is 1. The lowest BCUT2D eigenvalue weighted by Gasteiger charge is -2.36. The van der Waals surface area contributed by atoms with Gasteiger partial charge in [0.25, 0.3) is 0 Å². The van der Waals surface area contributed by atoms with E-state index in [1.807, 2.05) is 0 Å². The summed E-state index contributed by atoms with van der Waals surface area (Å²) in [6.45, 7) is 8.49. The lowest BCUT2D eigenvalue weighted by atomic mass is 9.94. The Hall–Kier alpha value is -0.570. The molecule has 120 valence electrons. The summed E-state index contributed by atoms with van der Waals surface area (Å²) < 4.78 is 28.9. The molecule has 0 aromatic carbocycles. The van der Waals surface area contributed by atoms with E-state index in [0.29, 0.717) is 0 Å². The number of hydrogen-bond acceptors (Lipinski definition) is 7. The summed E-state index contributed by atoms with van der Waals surface area (Å²) in [5, 5.41) is 9.57. The van der Waals surface area contributed by atoms with Crippen LogP contribution in [0.1, 0.15) is 34.6 Å². The van der Waals surface area contributed by atoms with Crippen molar-refractivity contribution in [3.05, 3.63) is 0 Å². The first-order chi connectivity index (χ1) is 9.60. The van der Waals surface area contributed by atoms with Gasteiger partial charge >= 0.3 is 0 Å². The molecule has 3 fully saturated rings. The van der Waals surface area contributed by atoms with Crippen molar-refractivity contribution >= 4 is 5.78 Å². The minimum Gasteiger partial charge on any atom is -0.386 e. The second-order valence-electron chi connectivity index (χ2n) is 6.67. The van der Waals surface area contributed by atoms with Gasteiger partial charge in [-0.2, -0.15) is 0 Å². The highest BCUT2D eigenvalue weighted by Crippen LogP contribution is 2.44. The molecule has 3 aliphatic rings. The molecule has 2 unspecified atom stereocenters. The normalized spacial score (nSPS) is 45.0. The number of ether oxygens (including phenoxy) is 5. The lowest BCUT2D eigenvalue weighted by molar-refractivity contribution is -0.232. The van der Waals surface area contributed by atoms with E-state index in [9.17, 15) is 9.90 Å². The zero-order valence-electron chi connectivity index (χ0n) is 12.9. The van der Waals surface area contributed by atoms with Crippen LogP contribution >= 0.6 is 0 Å². The van der Waals surface area contributed by atoms with Crippen molar-refractivity contribution in [2.24, 2.45) is 0 Å². The summed E-state index contributed by atoms with van der Waals surface area (Å²) >= 11 is 0. The predicted molar refractivity (Wildman–Crippen MR) is 69.2 cm³/mol. The molecule has 6 atom stereocenters. The van der Waals surface area contributed by atoms with Gasteiger partial charge in [-0.3, -0.25) is 4.79 Å². The molecule has 0 spiro atoms. The number of fused-ring (bicyclic) bond motifs is 3. The first kappa shape index (κ1) is 15.3. The minimum atomic E-state index is -1.14. The maximum Gasteiger partial charge on any atom is 0.192 e. The molecular formula is C14H22O7. The molecule has 7 heteroatoms. The molecule has 0 aliphatic carbocycles. The summed E-state index contributed by atoms with van der Waals surface area (Å²) in [4.78, 5) is 12.2. The van der Waals surface area contributed by atoms with Crippen LogP contribution in [0.15, 0.2) is 0 Å². The first-order valence-corrected chi connectivity index (χ1v) is 7.18. The van der Waals surface area contributed by atoms with Crippen LogP contribution in [0.3, 0.4) is 0 Å². The maximum atomic E-state index is 12.2. The minimum absolute atomic E-state index is 0.446. The van der Waals surface area contributed by atoms with Crippen molar-refractivity contribution in [1.29, 1.82) is 0 Å². The van der Waals surface area contributed by atoms with Crippen LogP contribution in [0.25, 0.3) is 0 Å². The molecule has 0 bridgehead atoms. The quantitative estimate of drug-likeness (QED) is 0.787. The highest BCUT2D eigenvalue weighted by Gasteiger charge is 2.62. The van der Waals surface area contributed by atoms with Crippen molar-refractivity contribution in [3.8, 4) is 0 Å². The van der Waals surface area contributed by atoms with E-state index < -0.39 is 54.2 Å². The molecule has 3 aliphatic heterocycles. The van der Waals surface area contributed by atoms with E-state index in [1.54, 1.807) is 27.7 Å². The fraction of sp³-hybridized carbons (Fsp3) is 0.929. The van der Waals surface area contributed by atoms with Crippen molar-refractivity contribution in [1.82, 2.24) is 0 Å². The van der Waals surface area contributed by atoms with Gasteiger partial charge in [-0.25, -0.2) is 0 Å². The number of aliphatic hydroxyl groups excluding tert-OH is 1. The number of hydrogen-bond donors (Lipinski definition) is 1. The van der Waals surface area contributed by atoms with E-state index >= 15 is 0 Å². The van der Waals surface area contributed by atoms with Gasteiger partial charge < -0.3 is 28.8 Å². The Morgan fingerprint density at radius 2 is 1.48 bits per heavy atom. The van der Waals surface area contributed by atoms with Crippen LogP contribution < -0.4 is 0 Å². The molecule has 21 heavy (non-hydrogen) atoms. The number of Topliss-reactive ketones (excluding diaryl/α,β-unsaturated/α-hetero) is 1. The topological polar surface area (TPSA) is 83.5 Å². The van der Waals surface area contributed by atoms with Crippen LogP contribution in [0.2, 0.25) is 0 Å². The highest BCUT2D eigenvalue weighted by atomic mass is 16.9. The van der Waals surface area contributed by atoms with Gasteiger partial charge in [-0.1, -0.05) is 0 Å². The Kier molecular flexibility index (Phi) is 3.44. The van der Waals surface area contributed by atoms with Crippen LogP contribution in [0.5, 0.6) is 0 Å². The van der Waals surface area contributed by atoms with Gasteiger partial charge in [0.15, 0.2) is 29.8 Å². The van der Waals surface area contributed by atoms with Gasteiger partial charge in [0.1, 0.15) is 24.4 Å². The Balaban J connectivity index is 1.90. The van der Waals surface area contributed by atoms with Crippen molar-refractivity contribution in [2.45, 2.75) is 83.0 Å². The molecule has 7 nitrogen and oxygen atoms in total. The summed E-state index contributed by atoms with van der Waals surface area (Å²) in [6, 6.07) is 0. The van der Waals surface area contributed by atoms with E-state index in [1.165, 1.54) is 6.92 Å². The molecule has 1 N–H and O–H groups in total. The van der Waals surface area contributed by atoms with E-state index in [0.717, 1.165) is 0 Å². The fourth-order valence-corrected chi connectivity index (χ4v) is 3.08. The average molecular weight is 302 g/mol. The monoisotopic (exact) mass is 302 g/mol. The number of aliphatic hydroxyl groups is 1. The molecule has 3 heterocycles. The molecule has 0 amide bonds. The van der Waals surface area contributed by atoms with Gasteiger partial charge in [0.05, 0.1) is 0 Å². The zero-order valence-corrected chi connectivity index (χ0v) is 12.9. The molecule has 0 aromatic rings. The predicted octanol–water partition coefficient (Wildman–Crippen LogP) is 0.333. The number of carbonyl (C=O) groups is 1. The first-order valence-electron chi connectivity index (χ1n) is 7.18. The van der Waals surface area contributed by atoms with Crippen molar-refractivity contribution in [3.63, 3.8) is 0 Å². The molecular weight excluding hydrogens is 280 g/mol. The van der Waals surface area contributed by atoms with E-state index in [4.69, 9.17) is 23.7 Å². The molecule has 3 rings (SSSR count). The third-order valence-electron chi connectivity index (χ3n) is 3.85. The Bertz CT molecular complexity index is 445. The maximum absolute atomic E-state index is 12.2. The summed E-state index contributed by atoms with van der Waals surface area (Å²) in [5.41, 5.74) is 0. The second-order valence-corrected chi connectivity index (χ2v) is 6.67. The van der Waals surface area contributed by atoms with Crippen LogP contribution in [-0.4, -0.2) is 59.3 Å². The second kappa shape index (κ2) is 4.71. The highest BCUT2D eigenvalue weighted by molar-refractivity contribution is 5.87. The van der Waals surface area contributed by atoms with Gasteiger partial charge in [0.2, 0.25) is 0 Å². The average Bonchev–Trinajstić information content (AvgIpc) is 2.81. The largest absolute Gasteiger partial charge is 0.386 e. The Morgan fingerprint density at radius 1 is 0.952 bits per heavy atom. The summed E-state index contributed by atoms with van der Waals surface area (Å²) in [6.07, 6.45) is -4.37. The Labute approximate surface area is 123 Å². The van der Waals surface area contributed by atoms with Crippen LogP contribution in [0.4, 0.5) is 0 Å². The lowest BCUT2D eigenvalue weighted by Crippen LogP contribution is -2.58.